The average molecular weight is 297 g/mol. The van der Waals surface area contributed by atoms with E-state index in [-0.39, 0.29) is 18.1 Å². The molecule has 0 unspecified atom stereocenters. The van der Waals surface area contributed by atoms with E-state index in [1.807, 2.05) is 6.92 Å². The van der Waals surface area contributed by atoms with E-state index in [9.17, 15) is 9.90 Å². The van der Waals surface area contributed by atoms with E-state index in [4.69, 9.17) is 0 Å². The van der Waals surface area contributed by atoms with Crippen LogP contribution in [0.15, 0.2) is 5.51 Å². The summed E-state index contributed by atoms with van der Waals surface area (Å²) in [5.74, 6) is 0.213. The molecule has 0 aliphatic heterocycles. The van der Waals surface area contributed by atoms with E-state index in [0.29, 0.717) is 13.1 Å². The second kappa shape index (κ2) is 7.04. The lowest BCUT2D eigenvalue weighted by molar-refractivity contribution is 0.0565. The summed E-state index contributed by atoms with van der Waals surface area (Å²) in [5.41, 5.74) is 2.76. The topological polar surface area (TPSA) is 65.5 Å². The molecule has 20 heavy (non-hydrogen) atoms. The van der Waals surface area contributed by atoms with Crippen LogP contribution in [0.3, 0.4) is 0 Å². The number of carbonyl (C=O) groups excluding carboxylic acids is 1. The predicted octanol–water partition coefficient (Wildman–Crippen LogP) is 2.14. The molecule has 2 atom stereocenters. The second-order valence-corrected chi connectivity index (χ2v) is 6.45. The number of amides is 2. The molecule has 2 N–H and O–H groups in total. The molecule has 0 saturated heterocycles. The first-order valence-electron chi connectivity index (χ1n) is 7.14. The van der Waals surface area contributed by atoms with Crippen LogP contribution in [0.4, 0.5) is 4.79 Å². The Morgan fingerprint density at radius 3 is 2.95 bits per heavy atom. The van der Waals surface area contributed by atoms with Crippen LogP contribution in [0.1, 0.15) is 36.3 Å². The fourth-order valence-electron chi connectivity index (χ4n) is 2.62. The standard InChI is InChI=1S/C14H23N3O2S/c1-10-13(20-9-16-10)7-15-14(19)17(2)8-11-5-3-4-6-12(11)18/h9,11-12,18H,3-8H2,1-2H3,(H,15,19)/t11-,12+/m1/s1. The number of nitrogens with one attached hydrogen (secondary N) is 1. The van der Waals surface area contributed by atoms with Gasteiger partial charge in [0.1, 0.15) is 0 Å². The van der Waals surface area contributed by atoms with E-state index in [0.717, 1.165) is 36.3 Å². The van der Waals surface area contributed by atoms with Gasteiger partial charge in [0.15, 0.2) is 0 Å². The summed E-state index contributed by atoms with van der Waals surface area (Å²) >= 11 is 1.55. The molecule has 1 aromatic rings. The molecule has 0 radical (unpaired) electrons. The zero-order valence-electron chi connectivity index (χ0n) is 12.1. The number of aliphatic hydroxyl groups is 1. The molecule has 0 aromatic carbocycles. The Kier molecular flexibility index (Phi) is 5.37. The van der Waals surface area contributed by atoms with Crippen molar-refractivity contribution in [1.82, 2.24) is 15.2 Å². The van der Waals surface area contributed by atoms with Gasteiger partial charge < -0.3 is 15.3 Å². The highest BCUT2D eigenvalue weighted by Gasteiger charge is 2.25. The summed E-state index contributed by atoms with van der Waals surface area (Å²) in [6, 6.07) is -0.0874. The first-order valence-corrected chi connectivity index (χ1v) is 8.02. The number of nitrogens with zero attached hydrogens (tertiary/aromatic N) is 2. The smallest absolute Gasteiger partial charge is 0.317 e. The van der Waals surface area contributed by atoms with Gasteiger partial charge in [0, 0.05) is 24.4 Å². The maximum Gasteiger partial charge on any atom is 0.317 e. The molecular formula is C14H23N3O2S. The Morgan fingerprint density at radius 2 is 2.30 bits per heavy atom. The molecule has 0 spiro atoms. The SMILES string of the molecule is Cc1ncsc1CNC(=O)N(C)C[C@H]1CCCC[C@@H]1O. The highest BCUT2D eigenvalue weighted by atomic mass is 32.1. The van der Waals surface area contributed by atoms with Gasteiger partial charge in [-0.3, -0.25) is 0 Å². The van der Waals surface area contributed by atoms with Crippen molar-refractivity contribution in [2.45, 2.75) is 45.3 Å². The Labute approximate surface area is 124 Å². The first kappa shape index (κ1) is 15.3. The Balaban J connectivity index is 1.78. The van der Waals surface area contributed by atoms with Gasteiger partial charge in [-0.15, -0.1) is 11.3 Å². The van der Waals surface area contributed by atoms with Gasteiger partial charge in [-0.25, -0.2) is 9.78 Å². The number of urea groups is 1. The minimum Gasteiger partial charge on any atom is -0.393 e. The molecule has 2 amide bonds. The van der Waals surface area contributed by atoms with E-state index >= 15 is 0 Å². The van der Waals surface area contributed by atoms with Crippen LogP contribution in [-0.2, 0) is 6.54 Å². The van der Waals surface area contributed by atoms with Crippen LogP contribution in [0.5, 0.6) is 0 Å². The van der Waals surface area contributed by atoms with Crippen molar-refractivity contribution in [3.63, 3.8) is 0 Å². The number of aryl methyl sites for hydroxylation is 1. The van der Waals surface area contributed by atoms with E-state index in [1.54, 1.807) is 28.8 Å². The first-order chi connectivity index (χ1) is 9.58. The molecule has 1 saturated carbocycles. The van der Waals surface area contributed by atoms with Crippen molar-refractivity contribution in [1.29, 1.82) is 0 Å². The summed E-state index contributed by atoms with van der Waals surface area (Å²) in [7, 11) is 1.79. The molecule has 1 heterocycles. The minimum absolute atomic E-state index is 0.0874. The normalized spacial score (nSPS) is 22.6. The largest absolute Gasteiger partial charge is 0.393 e. The fourth-order valence-corrected chi connectivity index (χ4v) is 3.34. The Hall–Kier alpha value is -1.14. The molecular weight excluding hydrogens is 274 g/mol. The molecule has 5 nitrogen and oxygen atoms in total. The van der Waals surface area contributed by atoms with Crippen LogP contribution < -0.4 is 5.32 Å². The highest BCUT2D eigenvalue weighted by molar-refractivity contribution is 7.09. The van der Waals surface area contributed by atoms with Crippen molar-refractivity contribution in [3.05, 3.63) is 16.1 Å². The monoisotopic (exact) mass is 297 g/mol. The van der Waals surface area contributed by atoms with E-state index in [2.05, 4.69) is 10.3 Å². The van der Waals surface area contributed by atoms with Crippen LogP contribution in [0, 0.1) is 12.8 Å². The second-order valence-electron chi connectivity index (χ2n) is 5.51. The Morgan fingerprint density at radius 1 is 1.55 bits per heavy atom. The Bertz CT molecular complexity index is 449. The number of rotatable bonds is 4. The van der Waals surface area contributed by atoms with Crippen molar-refractivity contribution in [2.24, 2.45) is 5.92 Å². The van der Waals surface area contributed by atoms with E-state index < -0.39 is 0 Å². The molecule has 6 heteroatoms. The molecule has 2 rings (SSSR count). The maximum atomic E-state index is 12.0. The molecule has 112 valence electrons. The quantitative estimate of drug-likeness (QED) is 0.895. The number of thiazole rings is 1. The van der Waals surface area contributed by atoms with Crippen LogP contribution in [0.25, 0.3) is 0 Å². The summed E-state index contributed by atoms with van der Waals surface area (Å²) < 4.78 is 0. The van der Waals surface area contributed by atoms with Crippen LogP contribution >= 0.6 is 11.3 Å². The van der Waals surface area contributed by atoms with Gasteiger partial charge in [-0.1, -0.05) is 12.8 Å². The lowest BCUT2D eigenvalue weighted by Gasteiger charge is -2.31. The zero-order chi connectivity index (χ0) is 14.5. The van der Waals surface area contributed by atoms with Gasteiger partial charge >= 0.3 is 6.03 Å². The van der Waals surface area contributed by atoms with Gasteiger partial charge in [0.2, 0.25) is 0 Å². The number of aliphatic hydroxyl groups excluding tert-OH is 1. The fraction of sp³-hybridized carbons (Fsp3) is 0.714. The number of hydrogen-bond donors (Lipinski definition) is 2. The minimum atomic E-state index is -0.261. The number of hydrogen-bond acceptors (Lipinski definition) is 4. The van der Waals surface area contributed by atoms with Gasteiger partial charge in [-0.2, -0.15) is 0 Å². The third kappa shape index (κ3) is 3.93. The molecule has 1 fully saturated rings. The van der Waals surface area contributed by atoms with Crippen molar-refractivity contribution in [3.8, 4) is 0 Å². The molecule has 1 aromatic heterocycles. The van der Waals surface area contributed by atoms with E-state index in [1.165, 1.54) is 0 Å². The lowest BCUT2D eigenvalue weighted by Crippen LogP contribution is -2.42. The molecule has 0 bridgehead atoms. The van der Waals surface area contributed by atoms with Gasteiger partial charge in [0.25, 0.3) is 0 Å². The summed E-state index contributed by atoms with van der Waals surface area (Å²) in [5, 5.41) is 12.9. The van der Waals surface area contributed by atoms with Crippen molar-refractivity contribution < 1.29 is 9.90 Å². The van der Waals surface area contributed by atoms with Crippen LogP contribution in [-0.4, -0.2) is 40.7 Å². The third-order valence-corrected chi connectivity index (χ3v) is 4.90. The van der Waals surface area contributed by atoms with Gasteiger partial charge in [-0.05, 0) is 19.8 Å². The lowest BCUT2D eigenvalue weighted by atomic mass is 9.86. The zero-order valence-corrected chi connectivity index (χ0v) is 12.9. The highest BCUT2D eigenvalue weighted by Crippen LogP contribution is 2.24. The summed E-state index contributed by atoms with van der Waals surface area (Å²) in [4.78, 5) is 19.0. The molecule has 1 aliphatic rings. The average Bonchev–Trinajstić information content (AvgIpc) is 2.84. The summed E-state index contributed by atoms with van der Waals surface area (Å²) in [6.07, 6.45) is 3.85. The number of carbonyl (C=O) groups is 1. The van der Waals surface area contributed by atoms with Crippen molar-refractivity contribution >= 4 is 17.4 Å². The summed E-state index contributed by atoms with van der Waals surface area (Å²) in [6.45, 7) is 3.08. The van der Waals surface area contributed by atoms with Gasteiger partial charge in [0.05, 0.1) is 23.9 Å². The molecule has 1 aliphatic carbocycles. The third-order valence-electron chi connectivity index (χ3n) is 3.97. The van der Waals surface area contributed by atoms with Crippen LogP contribution in [0.2, 0.25) is 0 Å². The predicted molar refractivity (Wildman–Crippen MR) is 79.7 cm³/mol. The van der Waals surface area contributed by atoms with Crippen molar-refractivity contribution in [2.75, 3.05) is 13.6 Å². The maximum absolute atomic E-state index is 12.0. The number of aromatic nitrogens is 1.